The van der Waals surface area contributed by atoms with Gasteiger partial charge in [0.15, 0.2) is 0 Å². The number of hydrogen-bond donors (Lipinski definition) is 2. The highest BCUT2D eigenvalue weighted by Gasteiger charge is 2.25. The summed E-state index contributed by atoms with van der Waals surface area (Å²) >= 11 is 0. The number of halogens is 2. The van der Waals surface area contributed by atoms with Gasteiger partial charge in [-0.1, -0.05) is 6.07 Å². The molecule has 2 rings (SSSR count). The van der Waals surface area contributed by atoms with E-state index in [1.807, 2.05) is 0 Å². The molecule has 0 aromatic heterocycles. The molecule has 3 nitrogen and oxygen atoms in total. The minimum atomic E-state index is -0.970. The van der Waals surface area contributed by atoms with Crippen LogP contribution in [-0.2, 0) is 4.74 Å². The molecule has 3 unspecified atom stereocenters. The highest BCUT2D eigenvalue weighted by Crippen LogP contribution is 2.23. The summed E-state index contributed by atoms with van der Waals surface area (Å²) in [5, 5.41) is 13.1. The van der Waals surface area contributed by atoms with E-state index in [2.05, 4.69) is 5.32 Å². The van der Waals surface area contributed by atoms with Gasteiger partial charge in [-0.15, -0.1) is 0 Å². The van der Waals surface area contributed by atoms with Crippen molar-refractivity contribution < 1.29 is 18.6 Å². The lowest BCUT2D eigenvalue weighted by Crippen LogP contribution is -2.31. The first-order valence-electron chi connectivity index (χ1n) is 6.49. The topological polar surface area (TPSA) is 41.5 Å². The Labute approximate surface area is 111 Å². The number of hydrogen-bond acceptors (Lipinski definition) is 3. The molecule has 1 aliphatic rings. The SMILES string of the molecule is COC1CCC(NCC(O)c2ccc(F)cc2F)C1. The summed E-state index contributed by atoms with van der Waals surface area (Å²) in [5.41, 5.74) is 0.121. The van der Waals surface area contributed by atoms with E-state index >= 15 is 0 Å². The maximum absolute atomic E-state index is 13.5. The van der Waals surface area contributed by atoms with Crippen molar-refractivity contribution in [2.24, 2.45) is 0 Å². The predicted octanol–water partition coefficient (Wildman–Crippen LogP) is 2.16. The average molecular weight is 271 g/mol. The zero-order chi connectivity index (χ0) is 13.8. The van der Waals surface area contributed by atoms with Crippen LogP contribution in [0.4, 0.5) is 8.78 Å². The number of aliphatic hydroxyl groups excluding tert-OH is 1. The molecule has 0 heterocycles. The highest BCUT2D eigenvalue weighted by atomic mass is 19.1. The van der Waals surface area contributed by atoms with Crippen molar-refractivity contribution in [1.82, 2.24) is 5.32 Å². The number of rotatable bonds is 5. The largest absolute Gasteiger partial charge is 0.387 e. The second kappa shape index (κ2) is 6.41. The molecule has 0 aliphatic heterocycles. The first-order valence-corrected chi connectivity index (χ1v) is 6.49. The third-order valence-corrected chi connectivity index (χ3v) is 3.64. The molecular formula is C14H19F2NO2. The van der Waals surface area contributed by atoms with Crippen LogP contribution < -0.4 is 5.32 Å². The molecule has 1 aliphatic carbocycles. The van der Waals surface area contributed by atoms with Crippen LogP contribution >= 0.6 is 0 Å². The zero-order valence-electron chi connectivity index (χ0n) is 10.9. The van der Waals surface area contributed by atoms with Gasteiger partial charge in [0, 0.05) is 31.3 Å². The van der Waals surface area contributed by atoms with E-state index in [-0.39, 0.29) is 24.3 Å². The third kappa shape index (κ3) is 3.72. The van der Waals surface area contributed by atoms with Crippen LogP contribution in [0.25, 0.3) is 0 Å². The van der Waals surface area contributed by atoms with Crippen molar-refractivity contribution in [3.63, 3.8) is 0 Å². The maximum atomic E-state index is 13.5. The van der Waals surface area contributed by atoms with Crippen LogP contribution in [0.3, 0.4) is 0 Å². The second-order valence-corrected chi connectivity index (χ2v) is 4.96. The number of ether oxygens (including phenoxy) is 1. The van der Waals surface area contributed by atoms with Crippen LogP contribution in [0.2, 0.25) is 0 Å². The fourth-order valence-corrected chi connectivity index (χ4v) is 2.50. The van der Waals surface area contributed by atoms with Crippen molar-refractivity contribution in [3.8, 4) is 0 Å². The molecule has 5 heteroatoms. The molecule has 3 atom stereocenters. The summed E-state index contributed by atoms with van der Waals surface area (Å²) in [7, 11) is 1.69. The van der Waals surface area contributed by atoms with E-state index in [4.69, 9.17) is 4.74 Å². The number of aliphatic hydroxyl groups is 1. The summed E-state index contributed by atoms with van der Waals surface area (Å²) in [4.78, 5) is 0. The summed E-state index contributed by atoms with van der Waals surface area (Å²) in [6.45, 7) is 0.254. The van der Waals surface area contributed by atoms with Crippen molar-refractivity contribution in [2.45, 2.75) is 37.5 Å². The summed E-state index contributed by atoms with van der Waals surface area (Å²) in [5.74, 6) is -1.35. The van der Waals surface area contributed by atoms with Crippen LogP contribution in [0.5, 0.6) is 0 Å². The molecule has 0 saturated heterocycles. The van der Waals surface area contributed by atoms with E-state index < -0.39 is 17.7 Å². The summed E-state index contributed by atoms with van der Waals surface area (Å²) in [6.07, 6.45) is 2.17. The monoisotopic (exact) mass is 271 g/mol. The highest BCUT2D eigenvalue weighted by molar-refractivity contribution is 5.21. The first kappa shape index (κ1) is 14.4. The molecule has 0 amide bonds. The standard InChI is InChI=1S/C14H19F2NO2/c1-19-11-4-3-10(7-11)17-8-14(18)12-5-2-9(15)6-13(12)16/h2,5-6,10-11,14,17-18H,3-4,7-8H2,1H3. The Morgan fingerprint density at radius 3 is 2.84 bits per heavy atom. The van der Waals surface area contributed by atoms with E-state index in [0.717, 1.165) is 31.4 Å². The minimum Gasteiger partial charge on any atom is -0.387 e. The molecule has 1 aromatic rings. The van der Waals surface area contributed by atoms with Crippen LogP contribution in [0.1, 0.15) is 30.9 Å². The molecule has 1 saturated carbocycles. The Kier molecular flexibility index (Phi) is 4.85. The fourth-order valence-electron chi connectivity index (χ4n) is 2.50. The lowest BCUT2D eigenvalue weighted by molar-refractivity contribution is 0.105. The van der Waals surface area contributed by atoms with Gasteiger partial charge in [-0.3, -0.25) is 0 Å². The number of methoxy groups -OCH3 is 1. The molecule has 0 radical (unpaired) electrons. The van der Waals surface area contributed by atoms with Gasteiger partial charge < -0.3 is 15.2 Å². The number of benzene rings is 1. The normalized spacial score (nSPS) is 24.6. The summed E-state index contributed by atoms with van der Waals surface area (Å²) < 4.78 is 31.5. The molecular weight excluding hydrogens is 252 g/mol. The maximum Gasteiger partial charge on any atom is 0.131 e. The number of nitrogens with one attached hydrogen (secondary N) is 1. The van der Waals surface area contributed by atoms with Crippen molar-refractivity contribution in [3.05, 3.63) is 35.4 Å². The van der Waals surface area contributed by atoms with E-state index in [9.17, 15) is 13.9 Å². The van der Waals surface area contributed by atoms with Gasteiger partial charge in [-0.05, 0) is 25.3 Å². The van der Waals surface area contributed by atoms with E-state index in [1.54, 1.807) is 7.11 Å². The smallest absolute Gasteiger partial charge is 0.131 e. The van der Waals surface area contributed by atoms with Crippen LogP contribution in [0.15, 0.2) is 18.2 Å². The lowest BCUT2D eigenvalue weighted by atomic mass is 10.1. The predicted molar refractivity (Wildman–Crippen MR) is 67.8 cm³/mol. The molecule has 0 bridgehead atoms. The fraction of sp³-hybridized carbons (Fsp3) is 0.571. The van der Waals surface area contributed by atoms with Gasteiger partial charge >= 0.3 is 0 Å². The van der Waals surface area contributed by atoms with Crippen molar-refractivity contribution >= 4 is 0 Å². The molecule has 19 heavy (non-hydrogen) atoms. The Morgan fingerprint density at radius 1 is 1.42 bits per heavy atom. The van der Waals surface area contributed by atoms with Crippen molar-refractivity contribution in [2.75, 3.05) is 13.7 Å². The Hall–Kier alpha value is -1.04. The Morgan fingerprint density at radius 2 is 2.21 bits per heavy atom. The minimum absolute atomic E-state index is 0.121. The van der Waals surface area contributed by atoms with Crippen molar-refractivity contribution in [1.29, 1.82) is 0 Å². The van der Waals surface area contributed by atoms with Gasteiger partial charge in [0.2, 0.25) is 0 Å². The van der Waals surface area contributed by atoms with Gasteiger partial charge in [0.1, 0.15) is 11.6 Å². The van der Waals surface area contributed by atoms with E-state index in [0.29, 0.717) is 0 Å². The Balaban J connectivity index is 1.86. The van der Waals surface area contributed by atoms with Crippen LogP contribution in [0, 0.1) is 11.6 Å². The quantitative estimate of drug-likeness (QED) is 0.862. The van der Waals surface area contributed by atoms with Gasteiger partial charge in [0.05, 0.1) is 12.2 Å². The lowest BCUT2D eigenvalue weighted by Gasteiger charge is -2.17. The molecule has 106 valence electrons. The molecule has 1 aromatic carbocycles. The van der Waals surface area contributed by atoms with Gasteiger partial charge in [-0.25, -0.2) is 8.78 Å². The summed E-state index contributed by atoms with van der Waals surface area (Å²) in [6, 6.07) is 3.50. The average Bonchev–Trinajstić information content (AvgIpc) is 2.84. The molecule has 1 fully saturated rings. The third-order valence-electron chi connectivity index (χ3n) is 3.64. The van der Waals surface area contributed by atoms with Gasteiger partial charge in [0.25, 0.3) is 0 Å². The second-order valence-electron chi connectivity index (χ2n) is 4.96. The van der Waals surface area contributed by atoms with Crippen LogP contribution in [-0.4, -0.2) is 30.9 Å². The first-order chi connectivity index (χ1) is 9.10. The molecule has 0 spiro atoms. The zero-order valence-corrected chi connectivity index (χ0v) is 10.9. The van der Waals surface area contributed by atoms with E-state index in [1.165, 1.54) is 6.07 Å². The Bertz CT molecular complexity index is 428. The van der Waals surface area contributed by atoms with Gasteiger partial charge in [-0.2, -0.15) is 0 Å². The molecule has 2 N–H and O–H groups in total.